The number of likely N-dealkylation sites (N-methyl/N-ethyl adjacent to an activating group) is 1. The SMILES string of the molecule is Cc1ccc(-c2ccc(-c3ccc(C(=O)N[C@H](C(=O)N(C)N)C(C)C)o3)nc2)cc1. The number of rotatable bonds is 6. The van der Waals surface area contributed by atoms with E-state index < -0.39 is 11.9 Å². The fourth-order valence-electron chi connectivity index (χ4n) is 3.00. The Balaban J connectivity index is 1.74. The number of hydrogen-bond donors (Lipinski definition) is 2. The molecular weight excluding hydrogens is 380 g/mol. The van der Waals surface area contributed by atoms with Crippen molar-refractivity contribution in [2.75, 3.05) is 7.05 Å². The minimum Gasteiger partial charge on any atom is -0.449 e. The van der Waals surface area contributed by atoms with Gasteiger partial charge in [0.15, 0.2) is 11.5 Å². The molecule has 0 fully saturated rings. The van der Waals surface area contributed by atoms with Gasteiger partial charge in [-0.25, -0.2) is 5.84 Å². The first-order valence-electron chi connectivity index (χ1n) is 9.72. The number of hydrazine groups is 1. The van der Waals surface area contributed by atoms with Crippen LogP contribution in [0, 0.1) is 12.8 Å². The molecule has 0 aliphatic carbocycles. The van der Waals surface area contributed by atoms with Crippen LogP contribution in [-0.4, -0.2) is 34.9 Å². The largest absolute Gasteiger partial charge is 0.449 e. The van der Waals surface area contributed by atoms with Crippen LogP contribution in [-0.2, 0) is 4.79 Å². The summed E-state index contributed by atoms with van der Waals surface area (Å²) in [7, 11) is 1.45. The van der Waals surface area contributed by atoms with Gasteiger partial charge >= 0.3 is 0 Å². The van der Waals surface area contributed by atoms with Crippen LogP contribution in [0.25, 0.3) is 22.6 Å². The molecule has 2 amide bonds. The Morgan fingerprint density at radius 2 is 1.70 bits per heavy atom. The van der Waals surface area contributed by atoms with Crippen molar-refractivity contribution in [1.82, 2.24) is 15.3 Å². The number of carbonyl (C=O) groups is 2. The van der Waals surface area contributed by atoms with Crippen molar-refractivity contribution in [1.29, 1.82) is 0 Å². The maximum atomic E-state index is 12.6. The summed E-state index contributed by atoms with van der Waals surface area (Å²) < 4.78 is 5.68. The lowest BCUT2D eigenvalue weighted by molar-refractivity contribution is -0.133. The summed E-state index contributed by atoms with van der Waals surface area (Å²) in [5, 5.41) is 3.66. The van der Waals surface area contributed by atoms with Crippen LogP contribution in [0.5, 0.6) is 0 Å². The van der Waals surface area contributed by atoms with Crippen LogP contribution in [0.3, 0.4) is 0 Å². The van der Waals surface area contributed by atoms with Crippen LogP contribution in [0.15, 0.2) is 59.1 Å². The second-order valence-corrected chi connectivity index (χ2v) is 7.61. The summed E-state index contributed by atoms with van der Waals surface area (Å²) >= 11 is 0. The van der Waals surface area contributed by atoms with Gasteiger partial charge in [0.05, 0.1) is 0 Å². The standard InChI is InChI=1S/C23H26N4O3/c1-14(2)21(23(29)27(4)24)26-22(28)20-12-11-19(30-20)18-10-9-17(13-25-18)16-7-5-15(3)6-8-16/h5-14,21H,24H2,1-4H3,(H,26,28)/t21-/m0/s1. The monoisotopic (exact) mass is 406 g/mol. The minimum atomic E-state index is -0.743. The lowest BCUT2D eigenvalue weighted by Crippen LogP contribution is -2.52. The van der Waals surface area contributed by atoms with E-state index in [9.17, 15) is 9.59 Å². The number of pyridine rings is 1. The number of hydrogen-bond acceptors (Lipinski definition) is 5. The molecule has 3 aromatic rings. The van der Waals surface area contributed by atoms with E-state index in [1.165, 1.54) is 12.6 Å². The molecule has 7 heteroatoms. The third-order valence-corrected chi connectivity index (χ3v) is 4.80. The van der Waals surface area contributed by atoms with Crippen LogP contribution >= 0.6 is 0 Å². The van der Waals surface area contributed by atoms with E-state index in [2.05, 4.69) is 22.4 Å². The number of benzene rings is 1. The van der Waals surface area contributed by atoms with Crippen LogP contribution < -0.4 is 11.2 Å². The first-order chi connectivity index (χ1) is 14.3. The smallest absolute Gasteiger partial charge is 0.287 e. The van der Waals surface area contributed by atoms with Gasteiger partial charge in [-0.2, -0.15) is 0 Å². The Morgan fingerprint density at radius 3 is 2.27 bits per heavy atom. The molecule has 7 nitrogen and oxygen atoms in total. The third-order valence-electron chi connectivity index (χ3n) is 4.80. The number of nitrogens with zero attached hydrogens (tertiary/aromatic N) is 2. The van der Waals surface area contributed by atoms with Gasteiger partial charge < -0.3 is 9.73 Å². The molecule has 0 aliphatic heterocycles. The third kappa shape index (κ3) is 4.75. The first-order valence-corrected chi connectivity index (χ1v) is 9.72. The molecule has 0 saturated carbocycles. The summed E-state index contributed by atoms with van der Waals surface area (Å²) in [5.74, 6) is 5.12. The maximum absolute atomic E-state index is 12.6. The summed E-state index contributed by atoms with van der Waals surface area (Å²) in [6, 6.07) is 14.5. The lowest BCUT2D eigenvalue weighted by atomic mass is 10.0. The fraction of sp³-hybridized carbons (Fsp3) is 0.261. The predicted molar refractivity (Wildman–Crippen MR) is 115 cm³/mol. The van der Waals surface area contributed by atoms with Gasteiger partial charge in [-0.3, -0.25) is 19.6 Å². The molecule has 0 radical (unpaired) electrons. The molecule has 1 atom stereocenters. The van der Waals surface area contributed by atoms with E-state index in [-0.39, 0.29) is 17.6 Å². The number of nitrogens with one attached hydrogen (secondary N) is 1. The number of aromatic nitrogens is 1. The van der Waals surface area contributed by atoms with Crippen molar-refractivity contribution >= 4 is 11.8 Å². The zero-order valence-electron chi connectivity index (χ0n) is 17.5. The van der Waals surface area contributed by atoms with E-state index in [1.807, 2.05) is 45.0 Å². The van der Waals surface area contributed by atoms with Crippen LogP contribution in [0.2, 0.25) is 0 Å². The van der Waals surface area contributed by atoms with E-state index in [4.69, 9.17) is 10.3 Å². The van der Waals surface area contributed by atoms with Gasteiger partial charge in [-0.15, -0.1) is 0 Å². The molecule has 0 aliphatic rings. The predicted octanol–water partition coefficient (Wildman–Crippen LogP) is 3.40. The Kier molecular flexibility index (Phi) is 6.32. The molecule has 2 heterocycles. The van der Waals surface area contributed by atoms with E-state index in [0.29, 0.717) is 11.5 Å². The molecule has 1 aromatic carbocycles. The van der Waals surface area contributed by atoms with Crippen molar-refractivity contribution in [3.63, 3.8) is 0 Å². The average molecular weight is 406 g/mol. The zero-order chi connectivity index (χ0) is 21.8. The van der Waals surface area contributed by atoms with Crippen LogP contribution in [0.1, 0.15) is 30.0 Å². The Bertz CT molecular complexity index is 1020. The lowest BCUT2D eigenvalue weighted by Gasteiger charge is -2.23. The highest BCUT2D eigenvalue weighted by molar-refractivity contribution is 5.95. The van der Waals surface area contributed by atoms with Crippen molar-refractivity contribution in [3.05, 3.63) is 66.1 Å². The van der Waals surface area contributed by atoms with Crippen LogP contribution in [0.4, 0.5) is 0 Å². The van der Waals surface area contributed by atoms with Crippen molar-refractivity contribution < 1.29 is 14.0 Å². The molecule has 0 spiro atoms. The summed E-state index contributed by atoms with van der Waals surface area (Å²) in [6.07, 6.45) is 1.77. The highest BCUT2D eigenvalue weighted by Crippen LogP contribution is 2.24. The molecule has 3 N–H and O–H groups in total. The molecule has 3 rings (SSSR count). The average Bonchev–Trinajstić information content (AvgIpc) is 3.22. The van der Waals surface area contributed by atoms with Gasteiger partial charge in [-0.05, 0) is 36.6 Å². The fourth-order valence-corrected chi connectivity index (χ4v) is 3.00. The molecule has 0 bridgehead atoms. The zero-order valence-corrected chi connectivity index (χ0v) is 17.5. The van der Waals surface area contributed by atoms with E-state index in [1.54, 1.807) is 18.3 Å². The summed E-state index contributed by atoms with van der Waals surface area (Å²) in [4.78, 5) is 29.2. The second-order valence-electron chi connectivity index (χ2n) is 7.61. The Labute approximate surface area is 175 Å². The van der Waals surface area contributed by atoms with E-state index >= 15 is 0 Å². The van der Waals surface area contributed by atoms with Crippen molar-refractivity contribution in [2.24, 2.45) is 11.8 Å². The Morgan fingerprint density at radius 1 is 1.03 bits per heavy atom. The van der Waals surface area contributed by atoms with E-state index in [0.717, 1.165) is 16.1 Å². The molecule has 0 unspecified atom stereocenters. The van der Waals surface area contributed by atoms with Gasteiger partial charge in [0, 0.05) is 18.8 Å². The van der Waals surface area contributed by atoms with Crippen molar-refractivity contribution in [2.45, 2.75) is 26.8 Å². The minimum absolute atomic E-state index is 0.104. The maximum Gasteiger partial charge on any atom is 0.287 e. The first kappa shape index (κ1) is 21.3. The van der Waals surface area contributed by atoms with Crippen molar-refractivity contribution in [3.8, 4) is 22.6 Å². The normalized spacial score (nSPS) is 11.9. The molecule has 30 heavy (non-hydrogen) atoms. The van der Waals surface area contributed by atoms with Gasteiger partial charge in [0.25, 0.3) is 11.8 Å². The number of aryl methyl sites for hydroxylation is 1. The van der Waals surface area contributed by atoms with Gasteiger partial charge in [0.1, 0.15) is 11.7 Å². The molecule has 156 valence electrons. The second kappa shape index (κ2) is 8.92. The molecule has 2 aromatic heterocycles. The summed E-state index contributed by atoms with van der Waals surface area (Å²) in [6.45, 7) is 5.71. The quantitative estimate of drug-likeness (QED) is 0.371. The number of amides is 2. The number of carbonyl (C=O) groups excluding carboxylic acids is 2. The topological polar surface area (TPSA) is 101 Å². The van der Waals surface area contributed by atoms with Gasteiger partial charge in [-0.1, -0.05) is 49.7 Å². The highest BCUT2D eigenvalue weighted by atomic mass is 16.4. The number of nitrogens with two attached hydrogens (primary N) is 1. The molecular formula is C23H26N4O3. The Hall–Kier alpha value is -3.45. The number of furan rings is 1. The molecule has 0 saturated heterocycles. The highest BCUT2D eigenvalue weighted by Gasteiger charge is 2.27. The van der Waals surface area contributed by atoms with Gasteiger partial charge in [0.2, 0.25) is 0 Å². The summed E-state index contributed by atoms with van der Waals surface area (Å²) in [5.41, 5.74) is 3.88.